The van der Waals surface area contributed by atoms with Crippen LogP contribution in [-0.2, 0) is 39.8 Å². The molecule has 426 valence electrons. The zero-order valence-corrected chi connectivity index (χ0v) is 58.8. The van der Waals surface area contributed by atoms with Crippen molar-refractivity contribution >= 4 is 150 Å². The first-order chi connectivity index (χ1) is 35.2. The first kappa shape index (κ1) is 65.0. The maximum absolute atomic E-state index is 8.55. The summed E-state index contributed by atoms with van der Waals surface area (Å²) < 4.78 is 63.0. The first-order valence-corrected chi connectivity index (χ1v) is 48.0. The molecule has 0 heterocycles. The quantitative estimate of drug-likeness (QED) is 0.0254. The lowest BCUT2D eigenvalue weighted by Gasteiger charge is -2.53. The molecule has 6 bridgehead atoms. The van der Waals surface area contributed by atoms with Crippen LogP contribution in [0.15, 0.2) is 0 Å². The third-order valence-corrected chi connectivity index (χ3v) is 52.5. The van der Waals surface area contributed by atoms with Crippen LogP contribution in [0.3, 0.4) is 0 Å². The van der Waals surface area contributed by atoms with Crippen LogP contribution in [0.2, 0.25) is 16.1 Å². The molecule has 0 saturated heterocycles. The highest BCUT2D eigenvalue weighted by molar-refractivity contribution is 9.29. The molecule has 7 fully saturated rings. The zero-order valence-electron chi connectivity index (χ0n) is 46.0. The molecule has 0 aliphatic heterocycles. The highest BCUT2D eigenvalue weighted by Crippen LogP contribution is 2.76. The van der Waals surface area contributed by atoms with Gasteiger partial charge in [-0.3, -0.25) is 0 Å². The van der Waals surface area contributed by atoms with E-state index < -0.39 is 30.7 Å². The van der Waals surface area contributed by atoms with Crippen molar-refractivity contribution in [1.29, 1.82) is 0 Å². The summed E-state index contributed by atoms with van der Waals surface area (Å²) in [6.07, 6.45) is 21.8. The van der Waals surface area contributed by atoms with Crippen molar-refractivity contribution < 1.29 is 39.8 Å². The second kappa shape index (κ2) is 30.0. The van der Waals surface area contributed by atoms with Crippen molar-refractivity contribution in [3.63, 3.8) is 0 Å². The lowest BCUT2D eigenvalue weighted by atomic mass is 9.73. The Morgan fingerprint density at radius 1 is 0.479 bits per heavy atom. The lowest BCUT2D eigenvalue weighted by molar-refractivity contribution is 0.0108. The Balaban J connectivity index is 1.27. The van der Waals surface area contributed by atoms with Gasteiger partial charge in [-0.2, -0.15) is 0 Å². The van der Waals surface area contributed by atoms with E-state index in [4.69, 9.17) is 39.8 Å². The van der Waals surface area contributed by atoms with E-state index >= 15 is 0 Å². The molecule has 0 aromatic carbocycles. The van der Waals surface area contributed by atoms with Gasteiger partial charge in [-0.1, -0.05) is 83.2 Å². The van der Waals surface area contributed by atoms with Gasteiger partial charge in [-0.25, -0.2) is 0 Å². The number of fused-ring (bicyclic) bond motifs is 6. The van der Waals surface area contributed by atoms with E-state index in [-0.39, 0.29) is 36.3 Å². The predicted octanol–water partition coefficient (Wildman–Crippen LogP) is 19.5. The molecular weight excluding hydrogens is 1200 g/mol. The molecule has 24 heteroatoms. The van der Waals surface area contributed by atoms with E-state index in [1.165, 1.54) is 83.5 Å². The zero-order chi connectivity index (χ0) is 52.3. The third kappa shape index (κ3) is 14.8. The van der Waals surface area contributed by atoms with Gasteiger partial charge < -0.3 is 39.8 Å². The molecule has 7 rings (SSSR count). The third-order valence-electron chi connectivity index (χ3n) is 17.0. The maximum atomic E-state index is 8.55. The van der Waals surface area contributed by atoms with Crippen LogP contribution in [0.4, 0.5) is 0 Å². The number of hydrogen-bond acceptors (Lipinski definition) is 21. The lowest BCUT2D eigenvalue weighted by Crippen LogP contribution is -2.62. The summed E-state index contributed by atoms with van der Waals surface area (Å²) in [5, 5.41) is 0.623. The minimum atomic E-state index is -3.38. The van der Waals surface area contributed by atoms with E-state index in [0.29, 0.717) is 69.9 Å². The molecule has 0 aromatic heterocycles. The molecule has 73 heavy (non-hydrogen) atoms. The normalized spacial score (nSPS) is 32.1. The average molecular weight is 1290 g/mol. The molecule has 0 radical (unpaired) electrons. The average Bonchev–Trinajstić information content (AvgIpc) is 4.25. The van der Waals surface area contributed by atoms with Gasteiger partial charge in [0.15, 0.2) is 4.27 Å². The van der Waals surface area contributed by atoms with Crippen molar-refractivity contribution in [3.05, 3.63) is 0 Å². The Morgan fingerprint density at radius 3 is 1.29 bits per heavy atom. The molecule has 0 aromatic rings. The summed E-state index contributed by atoms with van der Waals surface area (Å²) in [5.41, 5.74) is 0.611. The minimum absolute atomic E-state index is 0.0387. The maximum Gasteiger partial charge on any atom is 0.509 e. The molecule has 7 aliphatic rings. The highest BCUT2D eigenvalue weighted by atomic mass is 33.7. The summed E-state index contributed by atoms with van der Waals surface area (Å²) >= 11 is 0. The van der Waals surface area contributed by atoms with Gasteiger partial charge in [-0.15, -0.1) is 0 Å². The fraction of sp³-hybridized carbons (Fsp3) is 1.00. The summed E-state index contributed by atoms with van der Waals surface area (Å²) in [5.74, 6) is 2.13. The van der Waals surface area contributed by atoms with Gasteiger partial charge in [0.25, 0.3) is 0 Å². The van der Waals surface area contributed by atoms with Crippen LogP contribution >= 0.6 is 124 Å². The Morgan fingerprint density at radius 2 is 0.904 bits per heavy atom. The summed E-state index contributed by atoms with van der Waals surface area (Å²) in [7, 11) is 14.9. The van der Waals surface area contributed by atoms with Crippen molar-refractivity contribution in [3.8, 4) is 0 Å². The first-order valence-electron chi connectivity index (χ1n) is 28.1. The van der Waals surface area contributed by atoms with Crippen molar-refractivity contribution in [2.75, 3.05) is 52.9 Å². The van der Waals surface area contributed by atoms with E-state index in [1.807, 2.05) is 91.3 Å². The molecule has 0 amide bonds. The van der Waals surface area contributed by atoms with Crippen molar-refractivity contribution in [2.45, 2.75) is 232 Å². The predicted molar refractivity (Wildman–Crippen MR) is 341 cm³/mol. The van der Waals surface area contributed by atoms with Gasteiger partial charge in [0.2, 0.25) is 0 Å². The highest BCUT2D eigenvalue weighted by Gasteiger charge is 2.71. The Bertz CT molecular complexity index is 1560. The molecule has 9 nitrogen and oxygen atoms in total. The van der Waals surface area contributed by atoms with Gasteiger partial charge in [0.1, 0.15) is 0 Å². The van der Waals surface area contributed by atoms with Crippen LogP contribution in [0.1, 0.15) is 192 Å². The van der Waals surface area contributed by atoms with Gasteiger partial charge in [-0.05, 0) is 255 Å². The molecule has 7 aliphatic carbocycles. The number of rotatable bonds is 38. The largest absolute Gasteiger partial charge is 0.509 e. The monoisotopic (exact) mass is 1290 g/mol. The van der Waals surface area contributed by atoms with Crippen molar-refractivity contribution in [1.82, 2.24) is 0 Å². The Kier molecular flexibility index (Phi) is 26.8. The van der Waals surface area contributed by atoms with Crippen LogP contribution in [0, 0.1) is 23.2 Å². The second-order valence-electron chi connectivity index (χ2n) is 21.9. The van der Waals surface area contributed by atoms with Crippen LogP contribution in [0.5, 0.6) is 0 Å². The molecule has 0 N–H and O–H groups in total. The van der Waals surface area contributed by atoms with Crippen LogP contribution in [-0.4, -0.2) is 104 Å². The Hall–Kier alpha value is 4.49. The Labute approximate surface area is 493 Å². The molecule has 7 saturated carbocycles. The summed E-state index contributed by atoms with van der Waals surface area (Å²) in [6.45, 7) is 29.1. The second-order valence-corrected chi connectivity index (χ2v) is 49.7. The van der Waals surface area contributed by atoms with E-state index in [2.05, 4.69) is 109 Å². The van der Waals surface area contributed by atoms with Gasteiger partial charge >= 0.3 is 26.4 Å². The molecular formula is C49H92O9S12Si3. The van der Waals surface area contributed by atoms with E-state index in [1.54, 1.807) is 0 Å². The standard InChI is InChI=1S/C49H92O9S12Si3/c1-12-50-71(51-13-2,52-14-3)42-33-40-25-31-47(42,36-40)61-67-69-63-49(44(60-66-65-59-38(9)10)45(11)27-21-20-22-28-45,58-73(56-18-7,57-19-8)46-29-23-39(35-46)24-30-46)64-70-68-62-48-32-26-41(37-48)34-43(48)72(53-15-4,54-16-5)55-17-6/h38-44H,12-37H2,1-11H3. The SMILES string of the molecule is CCO[Si](OCC)(OCC)C1CC2CCC1(SSSSC(O[Si](OCC)(OCC)C13CCC(CC1)C3)(SSSSC13CCC(CC1[Si](OCC)(OCC)OCC)C3)C(SSSSC(C)C)C1(C)CCCCC1)C2. The molecule has 0 spiro atoms. The van der Waals surface area contributed by atoms with Crippen LogP contribution < -0.4 is 0 Å². The van der Waals surface area contributed by atoms with Crippen LogP contribution in [0.25, 0.3) is 0 Å². The number of hydrogen-bond donors (Lipinski definition) is 0. The minimum Gasteiger partial charge on any atom is -0.374 e. The van der Waals surface area contributed by atoms with Gasteiger partial charge in [0, 0.05) is 83.7 Å². The van der Waals surface area contributed by atoms with Crippen molar-refractivity contribution in [2.24, 2.45) is 23.2 Å². The van der Waals surface area contributed by atoms with E-state index in [0.717, 1.165) is 38.0 Å². The van der Waals surface area contributed by atoms with E-state index in [9.17, 15) is 0 Å². The topological polar surface area (TPSA) is 83.1 Å². The fourth-order valence-electron chi connectivity index (χ4n) is 14.2. The molecule has 7 atom stereocenters. The van der Waals surface area contributed by atoms with Gasteiger partial charge in [0.05, 0.1) is 5.25 Å². The summed E-state index contributed by atoms with van der Waals surface area (Å²) in [6, 6.07) is 0. The fourth-order valence-corrected chi connectivity index (χ4v) is 54.6. The summed E-state index contributed by atoms with van der Waals surface area (Å²) in [4.78, 5) is 0. The smallest absolute Gasteiger partial charge is 0.374 e. The molecule has 7 unspecified atom stereocenters.